The van der Waals surface area contributed by atoms with Crippen LogP contribution in [0.5, 0.6) is 0 Å². The summed E-state index contributed by atoms with van der Waals surface area (Å²) in [7, 11) is 0. The lowest BCUT2D eigenvalue weighted by Gasteiger charge is -2.01. The molecule has 0 aliphatic heterocycles. The highest BCUT2D eigenvalue weighted by Gasteiger charge is 2.09. The van der Waals surface area contributed by atoms with Gasteiger partial charge in [0.2, 0.25) is 0 Å². The summed E-state index contributed by atoms with van der Waals surface area (Å²) >= 11 is 11.8. The molecule has 0 atom stereocenters. The van der Waals surface area contributed by atoms with Crippen molar-refractivity contribution >= 4 is 28.9 Å². The molecule has 0 unspecified atom stereocenters. The molecule has 72 valence electrons. The highest BCUT2D eigenvalue weighted by atomic mass is 35.5. The molecule has 1 aromatic heterocycles. The first-order valence-electron chi connectivity index (χ1n) is 3.93. The van der Waals surface area contributed by atoms with Crippen molar-refractivity contribution in [2.45, 2.75) is 0 Å². The Morgan fingerprint density at radius 2 is 2.07 bits per heavy atom. The normalized spacial score (nSPS) is 10.4. The van der Waals surface area contributed by atoms with E-state index in [0.29, 0.717) is 21.4 Å². The van der Waals surface area contributed by atoms with E-state index in [0.717, 1.165) is 5.56 Å². The number of anilines is 1. The van der Waals surface area contributed by atoms with Gasteiger partial charge in [0, 0.05) is 16.8 Å². The van der Waals surface area contributed by atoms with Crippen LogP contribution in [-0.2, 0) is 0 Å². The van der Waals surface area contributed by atoms with E-state index in [1.807, 2.05) is 0 Å². The van der Waals surface area contributed by atoms with Crippen molar-refractivity contribution in [3.8, 4) is 11.3 Å². The van der Waals surface area contributed by atoms with E-state index in [2.05, 4.69) is 10.2 Å². The molecule has 0 saturated heterocycles. The first-order valence-corrected chi connectivity index (χ1v) is 4.69. The van der Waals surface area contributed by atoms with Crippen LogP contribution in [0.2, 0.25) is 10.0 Å². The number of hydrogen-bond donors (Lipinski definition) is 2. The minimum Gasteiger partial charge on any atom is -0.396 e. The molecule has 2 aromatic rings. The molecule has 1 aromatic carbocycles. The Kier molecular flexibility index (Phi) is 2.35. The van der Waals surface area contributed by atoms with Crippen LogP contribution in [0.3, 0.4) is 0 Å². The lowest BCUT2D eigenvalue weighted by atomic mass is 10.1. The van der Waals surface area contributed by atoms with E-state index >= 15 is 0 Å². The van der Waals surface area contributed by atoms with E-state index in [1.54, 1.807) is 24.4 Å². The van der Waals surface area contributed by atoms with E-state index in [9.17, 15) is 0 Å². The Hall–Kier alpha value is -1.19. The summed E-state index contributed by atoms with van der Waals surface area (Å²) in [4.78, 5) is 0. The Morgan fingerprint density at radius 1 is 1.29 bits per heavy atom. The summed E-state index contributed by atoms with van der Waals surface area (Å²) in [5.74, 6) is 0. The van der Waals surface area contributed by atoms with Crippen LogP contribution in [0.25, 0.3) is 11.3 Å². The Bertz CT molecular complexity index is 465. The maximum Gasteiger partial charge on any atom is 0.116 e. The van der Waals surface area contributed by atoms with Crippen molar-refractivity contribution in [3.05, 3.63) is 34.4 Å². The third-order valence-corrected chi connectivity index (χ3v) is 2.40. The fourth-order valence-corrected chi connectivity index (χ4v) is 1.69. The third kappa shape index (κ3) is 1.56. The minimum atomic E-state index is 0.538. The third-order valence-electron chi connectivity index (χ3n) is 1.86. The maximum atomic E-state index is 6.00. The van der Waals surface area contributed by atoms with Crippen LogP contribution in [0.4, 0.5) is 5.69 Å². The smallest absolute Gasteiger partial charge is 0.116 e. The van der Waals surface area contributed by atoms with Crippen molar-refractivity contribution in [3.63, 3.8) is 0 Å². The van der Waals surface area contributed by atoms with Gasteiger partial charge in [0.15, 0.2) is 0 Å². The van der Waals surface area contributed by atoms with Gasteiger partial charge in [0.05, 0.1) is 10.7 Å². The number of H-pyrrole nitrogens is 1. The molecule has 5 heteroatoms. The van der Waals surface area contributed by atoms with Gasteiger partial charge in [-0.2, -0.15) is 5.10 Å². The van der Waals surface area contributed by atoms with Gasteiger partial charge in [-0.15, -0.1) is 0 Å². The average molecular weight is 228 g/mol. The van der Waals surface area contributed by atoms with Crippen LogP contribution < -0.4 is 5.73 Å². The van der Waals surface area contributed by atoms with E-state index in [-0.39, 0.29) is 0 Å². The summed E-state index contributed by atoms with van der Waals surface area (Å²) in [6.07, 6.45) is 1.61. The van der Waals surface area contributed by atoms with Crippen molar-refractivity contribution < 1.29 is 0 Å². The van der Waals surface area contributed by atoms with Crippen molar-refractivity contribution in [1.82, 2.24) is 10.2 Å². The Labute approximate surface area is 90.8 Å². The molecule has 0 bridgehead atoms. The number of nitrogens with zero attached hydrogens (tertiary/aromatic N) is 1. The summed E-state index contributed by atoms with van der Waals surface area (Å²) in [5, 5.41) is 7.80. The number of halogens is 2. The second-order valence-corrected chi connectivity index (χ2v) is 3.66. The number of hydrogen-bond acceptors (Lipinski definition) is 2. The molecule has 1 heterocycles. The van der Waals surface area contributed by atoms with Gasteiger partial charge >= 0.3 is 0 Å². The number of nitrogens with one attached hydrogen (secondary N) is 1. The van der Waals surface area contributed by atoms with Crippen LogP contribution >= 0.6 is 23.2 Å². The molecule has 0 aliphatic carbocycles. The topological polar surface area (TPSA) is 54.7 Å². The van der Waals surface area contributed by atoms with Gasteiger partial charge in [0.25, 0.3) is 0 Å². The molecule has 3 nitrogen and oxygen atoms in total. The molecule has 3 N–H and O–H groups in total. The van der Waals surface area contributed by atoms with Gasteiger partial charge in [0.1, 0.15) is 5.69 Å². The van der Waals surface area contributed by atoms with E-state index in [4.69, 9.17) is 28.9 Å². The maximum absolute atomic E-state index is 6.00. The number of nitrogen functional groups attached to an aromatic ring is 1. The van der Waals surface area contributed by atoms with Gasteiger partial charge in [-0.25, -0.2) is 0 Å². The average Bonchev–Trinajstić information content (AvgIpc) is 2.52. The summed E-state index contributed by atoms with van der Waals surface area (Å²) in [5.41, 5.74) is 7.68. The molecular weight excluding hydrogens is 221 g/mol. The molecule has 0 saturated carbocycles. The fourth-order valence-electron chi connectivity index (χ4n) is 1.20. The Morgan fingerprint density at radius 3 is 2.64 bits per heavy atom. The molecule has 0 radical (unpaired) electrons. The number of aromatic nitrogens is 2. The highest BCUT2D eigenvalue weighted by Crippen LogP contribution is 2.31. The molecule has 0 fully saturated rings. The van der Waals surface area contributed by atoms with E-state index < -0.39 is 0 Å². The minimum absolute atomic E-state index is 0.538. The zero-order valence-electron chi connectivity index (χ0n) is 7.09. The second-order valence-electron chi connectivity index (χ2n) is 2.81. The first-order chi connectivity index (χ1) is 6.68. The number of rotatable bonds is 1. The predicted molar refractivity (Wildman–Crippen MR) is 58.5 cm³/mol. The lowest BCUT2D eigenvalue weighted by Crippen LogP contribution is -1.87. The molecule has 14 heavy (non-hydrogen) atoms. The van der Waals surface area contributed by atoms with Gasteiger partial charge in [-0.1, -0.05) is 23.2 Å². The standard InChI is InChI=1S/C9H7Cl2N3/c10-5-1-2-6(7(11)3-5)9-8(12)4-13-14-9/h1-4H,12H2,(H,13,14). The number of aromatic amines is 1. The second kappa shape index (κ2) is 3.52. The monoisotopic (exact) mass is 227 g/mol. The van der Waals surface area contributed by atoms with Crippen molar-refractivity contribution in [1.29, 1.82) is 0 Å². The number of benzene rings is 1. The van der Waals surface area contributed by atoms with Crippen LogP contribution in [0.15, 0.2) is 24.4 Å². The first kappa shape index (κ1) is 9.37. The van der Waals surface area contributed by atoms with Crippen molar-refractivity contribution in [2.24, 2.45) is 0 Å². The SMILES string of the molecule is Nc1c[nH]nc1-c1ccc(Cl)cc1Cl. The van der Waals surface area contributed by atoms with Crippen LogP contribution in [0, 0.1) is 0 Å². The van der Waals surface area contributed by atoms with E-state index in [1.165, 1.54) is 0 Å². The zero-order chi connectivity index (χ0) is 10.1. The summed E-state index contributed by atoms with van der Waals surface area (Å²) in [6, 6.07) is 5.20. The largest absolute Gasteiger partial charge is 0.396 e. The molecule has 2 rings (SSSR count). The van der Waals surface area contributed by atoms with Gasteiger partial charge < -0.3 is 5.73 Å². The Balaban J connectivity index is 2.58. The molecule has 0 amide bonds. The van der Waals surface area contributed by atoms with Gasteiger partial charge in [-0.05, 0) is 18.2 Å². The van der Waals surface area contributed by atoms with Crippen LogP contribution in [-0.4, -0.2) is 10.2 Å². The highest BCUT2D eigenvalue weighted by molar-refractivity contribution is 6.36. The lowest BCUT2D eigenvalue weighted by molar-refractivity contribution is 1.10. The predicted octanol–water partition coefficient (Wildman–Crippen LogP) is 2.97. The molecular formula is C9H7Cl2N3. The number of nitrogens with two attached hydrogens (primary N) is 1. The van der Waals surface area contributed by atoms with Gasteiger partial charge in [-0.3, -0.25) is 5.10 Å². The quantitative estimate of drug-likeness (QED) is 0.788. The van der Waals surface area contributed by atoms with Crippen LogP contribution in [0.1, 0.15) is 0 Å². The molecule has 0 spiro atoms. The van der Waals surface area contributed by atoms with Crippen molar-refractivity contribution in [2.75, 3.05) is 5.73 Å². The summed E-state index contributed by atoms with van der Waals surface area (Å²) in [6.45, 7) is 0. The fraction of sp³-hybridized carbons (Fsp3) is 0. The molecule has 0 aliphatic rings. The zero-order valence-corrected chi connectivity index (χ0v) is 8.60. The summed E-state index contributed by atoms with van der Waals surface area (Å²) < 4.78 is 0.